The van der Waals surface area contributed by atoms with Gasteiger partial charge in [-0.1, -0.05) is 29.5 Å². The zero-order valence-electron chi connectivity index (χ0n) is 14.5. The van der Waals surface area contributed by atoms with Crippen LogP contribution < -0.4 is 0 Å². The summed E-state index contributed by atoms with van der Waals surface area (Å²) in [5.74, 6) is -1.80. The van der Waals surface area contributed by atoms with Crippen LogP contribution in [0.2, 0.25) is 0 Å². The average Bonchev–Trinajstić information content (AvgIpc) is 3.37. The molecule has 0 amide bonds. The van der Waals surface area contributed by atoms with Crippen LogP contribution in [0.3, 0.4) is 0 Å². The summed E-state index contributed by atoms with van der Waals surface area (Å²) in [6.07, 6.45) is 1.53. The molecule has 0 aliphatic carbocycles. The molecule has 0 saturated carbocycles. The van der Waals surface area contributed by atoms with E-state index in [0.717, 1.165) is 34.4 Å². The second-order valence-electron chi connectivity index (χ2n) is 6.30. The van der Waals surface area contributed by atoms with Crippen molar-refractivity contribution in [2.45, 2.75) is 0 Å². The first-order chi connectivity index (χ1) is 13.7. The van der Waals surface area contributed by atoms with Gasteiger partial charge in [0, 0.05) is 11.1 Å². The van der Waals surface area contributed by atoms with E-state index >= 15 is 0 Å². The van der Waals surface area contributed by atoms with Crippen LogP contribution in [-0.4, -0.2) is 25.0 Å². The van der Waals surface area contributed by atoms with Gasteiger partial charge in [-0.2, -0.15) is 0 Å². The quantitative estimate of drug-likeness (QED) is 0.496. The summed E-state index contributed by atoms with van der Waals surface area (Å²) in [4.78, 5) is 7.39. The molecule has 0 radical (unpaired) electrons. The van der Waals surface area contributed by atoms with Crippen molar-refractivity contribution in [3.05, 3.63) is 84.7 Å². The predicted molar refractivity (Wildman–Crippen MR) is 102 cm³/mol. The first kappa shape index (κ1) is 16.3. The van der Waals surface area contributed by atoms with Crippen molar-refractivity contribution < 1.29 is 8.78 Å². The number of nitrogens with one attached hydrogen (secondary N) is 1. The molecule has 5 nitrogen and oxygen atoms in total. The molecule has 7 heteroatoms. The number of benzene rings is 3. The number of fused-ring (bicyclic) bond motifs is 1. The molecule has 0 atom stereocenters. The van der Waals surface area contributed by atoms with Crippen LogP contribution in [0.1, 0.15) is 0 Å². The number of para-hydroxylation sites is 1. The summed E-state index contributed by atoms with van der Waals surface area (Å²) in [6, 6.07) is 19.2. The summed E-state index contributed by atoms with van der Waals surface area (Å²) in [7, 11) is 0. The summed E-state index contributed by atoms with van der Waals surface area (Å²) in [5.41, 5.74) is 5.04. The number of imidazole rings is 1. The van der Waals surface area contributed by atoms with Crippen molar-refractivity contribution in [3.8, 4) is 28.2 Å². The molecule has 0 fully saturated rings. The zero-order chi connectivity index (χ0) is 19.1. The van der Waals surface area contributed by atoms with E-state index in [2.05, 4.69) is 20.3 Å². The van der Waals surface area contributed by atoms with Gasteiger partial charge in [0.1, 0.15) is 5.52 Å². The summed E-state index contributed by atoms with van der Waals surface area (Å²) < 4.78 is 28.7. The van der Waals surface area contributed by atoms with Crippen molar-refractivity contribution in [1.82, 2.24) is 25.0 Å². The van der Waals surface area contributed by atoms with Crippen LogP contribution in [0.4, 0.5) is 8.78 Å². The van der Waals surface area contributed by atoms with Crippen molar-refractivity contribution in [2.75, 3.05) is 0 Å². The Bertz CT molecular complexity index is 1290. The fraction of sp³-hybridized carbons (Fsp3) is 0. The van der Waals surface area contributed by atoms with Crippen molar-refractivity contribution >= 4 is 11.0 Å². The second kappa shape index (κ2) is 6.38. The van der Waals surface area contributed by atoms with Gasteiger partial charge in [-0.25, -0.2) is 18.4 Å². The molecule has 1 N–H and O–H groups in total. The third-order valence-corrected chi connectivity index (χ3v) is 4.57. The smallest absolute Gasteiger partial charge is 0.159 e. The highest BCUT2D eigenvalue weighted by atomic mass is 19.2. The van der Waals surface area contributed by atoms with E-state index in [1.807, 2.05) is 48.5 Å². The molecule has 28 heavy (non-hydrogen) atoms. The average molecular weight is 373 g/mol. The summed E-state index contributed by atoms with van der Waals surface area (Å²) in [6.45, 7) is 0. The number of halogens is 2. The first-order valence-corrected chi connectivity index (χ1v) is 8.61. The number of hydrogen-bond donors (Lipinski definition) is 1. The van der Waals surface area contributed by atoms with E-state index in [1.165, 1.54) is 12.4 Å². The Morgan fingerprint density at radius 3 is 2.46 bits per heavy atom. The Morgan fingerprint density at radius 1 is 0.821 bits per heavy atom. The molecule has 3 aromatic carbocycles. The lowest BCUT2D eigenvalue weighted by Gasteiger charge is -2.06. The van der Waals surface area contributed by atoms with Gasteiger partial charge in [-0.3, -0.25) is 0 Å². The number of aromatic amines is 1. The molecule has 0 spiro atoms. The second-order valence-corrected chi connectivity index (χ2v) is 6.30. The molecule has 2 heterocycles. The molecule has 2 aromatic heterocycles. The SMILES string of the molecule is Fc1ccc(-c2nc[nH]c2-c2ccc3nnn(-c4ccccc4)c3c2)cc1F. The van der Waals surface area contributed by atoms with Crippen molar-refractivity contribution in [2.24, 2.45) is 0 Å². The van der Waals surface area contributed by atoms with E-state index in [4.69, 9.17) is 0 Å². The topological polar surface area (TPSA) is 59.4 Å². The number of H-pyrrole nitrogens is 1. The van der Waals surface area contributed by atoms with Gasteiger partial charge in [0.05, 0.1) is 28.9 Å². The minimum atomic E-state index is -0.909. The van der Waals surface area contributed by atoms with Crippen molar-refractivity contribution in [1.29, 1.82) is 0 Å². The largest absolute Gasteiger partial charge is 0.344 e. The fourth-order valence-electron chi connectivity index (χ4n) is 3.21. The Kier molecular flexibility index (Phi) is 3.72. The standard InChI is InChI=1S/C21H13F2N5/c22-16-8-6-13(10-17(16)23)20-21(25-12-24-20)14-7-9-18-19(11-14)28(27-26-18)15-4-2-1-3-5-15/h1-12H,(H,24,25). The summed E-state index contributed by atoms with van der Waals surface area (Å²) >= 11 is 0. The normalized spacial score (nSPS) is 11.2. The Balaban J connectivity index is 1.65. The predicted octanol–water partition coefficient (Wildman–Crippen LogP) is 4.76. The number of hydrogen-bond acceptors (Lipinski definition) is 3. The number of aromatic nitrogens is 5. The summed E-state index contributed by atoms with van der Waals surface area (Å²) in [5, 5.41) is 8.45. The highest BCUT2D eigenvalue weighted by Gasteiger charge is 2.15. The lowest BCUT2D eigenvalue weighted by molar-refractivity contribution is 0.509. The van der Waals surface area contributed by atoms with Gasteiger partial charge < -0.3 is 4.98 Å². The maximum absolute atomic E-state index is 13.7. The minimum Gasteiger partial charge on any atom is -0.344 e. The fourth-order valence-corrected chi connectivity index (χ4v) is 3.21. The van der Waals surface area contributed by atoms with Crippen LogP contribution >= 0.6 is 0 Å². The van der Waals surface area contributed by atoms with E-state index < -0.39 is 11.6 Å². The van der Waals surface area contributed by atoms with Crippen LogP contribution in [0.5, 0.6) is 0 Å². The van der Waals surface area contributed by atoms with Gasteiger partial charge >= 0.3 is 0 Å². The molecule has 5 rings (SSSR count). The monoisotopic (exact) mass is 373 g/mol. The molecular weight excluding hydrogens is 360 g/mol. The number of nitrogens with zero attached hydrogens (tertiary/aromatic N) is 4. The van der Waals surface area contributed by atoms with Crippen molar-refractivity contribution in [3.63, 3.8) is 0 Å². The van der Waals surface area contributed by atoms with Gasteiger partial charge in [0.15, 0.2) is 11.6 Å². The zero-order valence-corrected chi connectivity index (χ0v) is 14.5. The molecular formula is C21H13F2N5. The minimum absolute atomic E-state index is 0.491. The molecule has 136 valence electrons. The van der Waals surface area contributed by atoms with E-state index in [1.54, 1.807) is 4.68 Å². The molecule has 0 bridgehead atoms. The lowest BCUT2D eigenvalue weighted by Crippen LogP contribution is -1.96. The number of rotatable bonds is 3. The maximum atomic E-state index is 13.7. The molecule has 0 saturated heterocycles. The Morgan fingerprint density at radius 2 is 1.64 bits per heavy atom. The van der Waals surface area contributed by atoms with Gasteiger partial charge in [0.25, 0.3) is 0 Å². The van der Waals surface area contributed by atoms with Gasteiger partial charge in [-0.15, -0.1) is 5.10 Å². The maximum Gasteiger partial charge on any atom is 0.159 e. The van der Waals surface area contributed by atoms with E-state index in [9.17, 15) is 8.78 Å². The first-order valence-electron chi connectivity index (χ1n) is 8.61. The third kappa shape index (κ3) is 2.64. The highest BCUT2D eigenvalue weighted by Crippen LogP contribution is 2.31. The third-order valence-electron chi connectivity index (χ3n) is 4.57. The van der Waals surface area contributed by atoms with Gasteiger partial charge in [0.2, 0.25) is 0 Å². The molecule has 0 aliphatic rings. The van der Waals surface area contributed by atoms with E-state index in [0.29, 0.717) is 17.0 Å². The van der Waals surface area contributed by atoms with Crippen LogP contribution in [0, 0.1) is 11.6 Å². The van der Waals surface area contributed by atoms with Crippen LogP contribution in [0.15, 0.2) is 73.1 Å². The van der Waals surface area contributed by atoms with Crippen LogP contribution in [-0.2, 0) is 0 Å². The van der Waals surface area contributed by atoms with E-state index in [-0.39, 0.29) is 0 Å². The Labute approximate surface area is 158 Å². The molecule has 5 aromatic rings. The van der Waals surface area contributed by atoms with Crippen LogP contribution in [0.25, 0.3) is 39.2 Å². The Hall–Kier alpha value is -3.87. The lowest BCUT2D eigenvalue weighted by atomic mass is 10.0. The van der Waals surface area contributed by atoms with Gasteiger partial charge in [-0.05, 0) is 42.5 Å². The molecule has 0 aliphatic heterocycles. The highest BCUT2D eigenvalue weighted by molar-refractivity contribution is 5.86. The molecule has 0 unspecified atom stereocenters.